The zero-order valence-corrected chi connectivity index (χ0v) is 11.9. The smallest absolute Gasteiger partial charge is 0.309 e. The van der Waals surface area contributed by atoms with Crippen molar-refractivity contribution >= 4 is 5.97 Å². The van der Waals surface area contributed by atoms with Crippen molar-refractivity contribution in [2.45, 2.75) is 26.2 Å². The number of carbonyl (C=O) groups is 1. The van der Waals surface area contributed by atoms with Crippen molar-refractivity contribution in [1.82, 2.24) is 0 Å². The quantitative estimate of drug-likeness (QED) is 0.786. The molecule has 19 heavy (non-hydrogen) atoms. The summed E-state index contributed by atoms with van der Waals surface area (Å²) in [6.07, 6.45) is 2.26. The molecule has 1 aromatic carbocycles. The molecule has 2 rings (SSSR count). The molecule has 0 amide bonds. The SMILES string of the molecule is COC(=O)C1CCc2c(OC)cc(C)c(OC)c2C1. The lowest BCUT2D eigenvalue weighted by atomic mass is 9.82. The van der Waals surface area contributed by atoms with Gasteiger partial charge in [-0.25, -0.2) is 0 Å². The van der Waals surface area contributed by atoms with Crippen molar-refractivity contribution < 1.29 is 19.0 Å². The largest absolute Gasteiger partial charge is 0.496 e. The topological polar surface area (TPSA) is 44.8 Å². The average molecular weight is 264 g/mol. The number of hydrogen-bond donors (Lipinski definition) is 0. The molecule has 1 aliphatic rings. The summed E-state index contributed by atoms with van der Waals surface area (Å²) in [6, 6.07) is 2.00. The molecule has 1 aliphatic carbocycles. The fourth-order valence-corrected chi connectivity index (χ4v) is 2.86. The summed E-state index contributed by atoms with van der Waals surface area (Å²) < 4.78 is 15.8. The van der Waals surface area contributed by atoms with E-state index in [0.29, 0.717) is 6.42 Å². The number of esters is 1. The van der Waals surface area contributed by atoms with Crippen molar-refractivity contribution in [2.24, 2.45) is 5.92 Å². The second-order valence-corrected chi connectivity index (χ2v) is 4.85. The van der Waals surface area contributed by atoms with E-state index < -0.39 is 0 Å². The van der Waals surface area contributed by atoms with Crippen molar-refractivity contribution in [2.75, 3.05) is 21.3 Å². The van der Waals surface area contributed by atoms with Gasteiger partial charge in [-0.05, 0) is 37.8 Å². The van der Waals surface area contributed by atoms with Gasteiger partial charge in [-0.3, -0.25) is 4.79 Å². The summed E-state index contributed by atoms with van der Waals surface area (Å²) >= 11 is 0. The maximum atomic E-state index is 11.7. The fourth-order valence-electron chi connectivity index (χ4n) is 2.86. The van der Waals surface area contributed by atoms with E-state index in [-0.39, 0.29) is 11.9 Å². The van der Waals surface area contributed by atoms with Gasteiger partial charge in [-0.2, -0.15) is 0 Å². The highest BCUT2D eigenvalue weighted by Crippen LogP contribution is 2.40. The average Bonchev–Trinajstić information content (AvgIpc) is 2.44. The summed E-state index contributed by atoms with van der Waals surface area (Å²) in [5.74, 6) is 1.52. The molecular weight excluding hydrogens is 244 g/mol. The Balaban J connectivity index is 2.46. The summed E-state index contributed by atoms with van der Waals surface area (Å²) in [4.78, 5) is 11.7. The van der Waals surface area contributed by atoms with Gasteiger partial charge in [-0.15, -0.1) is 0 Å². The maximum absolute atomic E-state index is 11.7. The van der Waals surface area contributed by atoms with Crippen LogP contribution in [-0.4, -0.2) is 27.3 Å². The van der Waals surface area contributed by atoms with Crippen LogP contribution in [-0.2, 0) is 22.4 Å². The van der Waals surface area contributed by atoms with E-state index in [0.717, 1.165) is 41.0 Å². The Bertz CT molecular complexity index is 493. The highest BCUT2D eigenvalue weighted by molar-refractivity contribution is 5.74. The minimum Gasteiger partial charge on any atom is -0.496 e. The third kappa shape index (κ3) is 2.39. The number of aryl methyl sites for hydroxylation is 1. The van der Waals surface area contributed by atoms with Gasteiger partial charge in [0.2, 0.25) is 0 Å². The number of rotatable bonds is 3. The number of hydrogen-bond acceptors (Lipinski definition) is 4. The number of ether oxygens (including phenoxy) is 3. The number of fused-ring (bicyclic) bond motifs is 1. The highest BCUT2D eigenvalue weighted by atomic mass is 16.5. The van der Waals surface area contributed by atoms with Gasteiger partial charge in [0.25, 0.3) is 0 Å². The Morgan fingerprint density at radius 2 is 1.95 bits per heavy atom. The summed E-state index contributed by atoms with van der Waals surface area (Å²) in [6.45, 7) is 1.99. The second kappa shape index (κ2) is 5.51. The first kappa shape index (κ1) is 13.7. The molecule has 0 aromatic heterocycles. The first-order valence-electron chi connectivity index (χ1n) is 6.43. The molecule has 1 aromatic rings. The first-order valence-corrected chi connectivity index (χ1v) is 6.43. The molecule has 0 aliphatic heterocycles. The normalized spacial score (nSPS) is 17.6. The molecule has 1 unspecified atom stereocenters. The molecule has 4 heteroatoms. The monoisotopic (exact) mass is 264 g/mol. The zero-order chi connectivity index (χ0) is 14.0. The van der Waals surface area contributed by atoms with Crippen LogP contribution in [0.2, 0.25) is 0 Å². The second-order valence-electron chi connectivity index (χ2n) is 4.85. The Morgan fingerprint density at radius 1 is 1.21 bits per heavy atom. The number of methoxy groups -OCH3 is 3. The molecule has 0 bridgehead atoms. The van der Waals surface area contributed by atoms with Crippen molar-refractivity contribution in [3.05, 3.63) is 22.8 Å². The lowest BCUT2D eigenvalue weighted by Crippen LogP contribution is -2.24. The maximum Gasteiger partial charge on any atom is 0.309 e. The van der Waals surface area contributed by atoms with Gasteiger partial charge in [0, 0.05) is 11.1 Å². The van der Waals surface area contributed by atoms with Crippen LogP contribution in [0, 0.1) is 12.8 Å². The van der Waals surface area contributed by atoms with Crippen LogP contribution in [0.15, 0.2) is 6.07 Å². The lowest BCUT2D eigenvalue weighted by molar-refractivity contribution is -0.145. The van der Waals surface area contributed by atoms with Crippen molar-refractivity contribution in [1.29, 1.82) is 0 Å². The molecule has 0 spiro atoms. The summed E-state index contributed by atoms with van der Waals surface area (Å²) in [5, 5.41) is 0. The van der Waals surface area contributed by atoms with Gasteiger partial charge < -0.3 is 14.2 Å². The molecule has 1 atom stereocenters. The molecule has 0 fully saturated rings. The fraction of sp³-hybridized carbons (Fsp3) is 0.533. The highest BCUT2D eigenvalue weighted by Gasteiger charge is 2.30. The van der Waals surface area contributed by atoms with Gasteiger partial charge in [-0.1, -0.05) is 0 Å². The summed E-state index contributed by atoms with van der Waals surface area (Å²) in [7, 11) is 4.77. The lowest BCUT2D eigenvalue weighted by Gasteiger charge is -2.27. The Labute approximate surface area is 113 Å². The van der Waals surface area contributed by atoms with E-state index in [9.17, 15) is 4.79 Å². The van der Waals surface area contributed by atoms with E-state index in [4.69, 9.17) is 14.2 Å². The molecule has 0 N–H and O–H groups in total. The zero-order valence-electron chi connectivity index (χ0n) is 11.9. The van der Waals surface area contributed by atoms with E-state index >= 15 is 0 Å². The van der Waals surface area contributed by atoms with Crippen molar-refractivity contribution in [3.63, 3.8) is 0 Å². The summed E-state index contributed by atoms with van der Waals surface area (Å²) in [5.41, 5.74) is 3.27. The van der Waals surface area contributed by atoms with Crippen LogP contribution >= 0.6 is 0 Å². The molecular formula is C15H20O4. The standard InChI is InChI=1S/C15H20O4/c1-9-7-13(17-2)11-6-5-10(15(16)19-4)8-12(11)14(9)18-3/h7,10H,5-6,8H2,1-4H3. The van der Waals surface area contributed by atoms with Crippen LogP contribution in [0.1, 0.15) is 23.1 Å². The predicted octanol–water partition coefficient (Wildman–Crippen LogP) is 2.29. The van der Waals surface area contributed by atoms with Gasteiger partial charge in [0.15, 0.2) is 0 Å². The first-order chi connectivity index (χ1) is 9.12. The van der Waals surface area contributed by atoms with Crippen LogP contribution in [0.3, 0.4) is 0 Å². The Morgan fingerprint density at radius 3 is 2.53 bits per heavy atom. The minimum absolute atomic E-state index is 0.0853. The third-order valence-corrected chi connectivity index (χ3v) is 3.79. The number of carbonyl (C=O) groups excluding carboxylic acids is 1. The molecule has 104 valence electrons. The van der Waals surface area contributed by atoms with Crippen LogP contribution in [0.5, 0.6) is 11.5 Å². The van der Waals surface area contributed by atoms with Crippen LogP contribution in [0.25, 0.3) is 0 Å². The third-order valence-electron chi connectivity index (χ3n) is 3.79. The van der Waals surface area contributed by atoms with E-state index in [1.807, 2.05) is 13.0 Å². The Kier molecular flexibility index (Phi) is 3.98. The number of benzene rings is 1. The van der Waals surface area contributed by atoms with E-state index in [2.05, 4.69) is 0 Å². The van der Waals surface area contributed by atoms with E-state index in [1.54, 1.807) is 14.2 Å². The van der Waals surface area contributed by atoms with E-state index in [1.165, 1.54) is 7.11 Å². The molecule has 0 radical (unpaired) electrons. The molecule has 0 saturated carbocycles. The molecule has 0 saturated heterocycles. The van der Waals surface area contributed by atoms with Gasteiger partial charge in [0.1, 0.15) is 11.5 Å². The predicted molar refractivity (Wildman–Crippen MR) is 71.8 cm³/mol. The minimum atomic E-state index is -0.145. The molecule has 0 heterocycles. The molecule has 4 nitrogen and oxygen atoms in total. The Hall–Kier alpha value is -1.71. The van der Waals surface area contributed by atoms with Crippen LogP contribution in [0.4, 0.5) is 0 Å². The van der Waals surface area contributed by atoms with Crippen molar-refractivity contribution in [3.8, 4) is 11.5 Å². The van der Waals surface area contributed by atoms with Crippen LogP contribution < -0.4 is 9.47 Å². The van der Waals surface area contributed by atoms with Gasteiger partial charge in [0.05, 0.1) is 27.2 Å². The van der Waals surface area contributed by atoms with Gasteiger partial charge >= 0.3 is 5.97 Å².